The number of carbonyl (C=O) groups is 1. The van der Waals surface area contributed by atoms with Crippen molar-refractivity contribution >= 4 is 11.6 Å². The molecule has 98 valence electrons. The molecule has 1 aromatic heterocycles. The van der Waals surface area contributed by atoms with Gasteiger partial charge in [0, 0.05) is 18.0 Å². The van der Waals surface area contributed by atoms with E-state index in [1.54, 1.807) is 0 Å². The third-order valence-electron chi connectivity index (χ3n) is 2.38. The molecule has 1 aromatic carbocycles. The van der Waals surface area contributed by atoms with Crippen molar-refractivity contribution in [2.24, 2.45) is 0 Å². The molecule has 19 heavy (non-hydrogen) atoms. The van der Waals surface area contributed by atoms with Crippen molar-refractivity contribution in [2.75, 3.05) is 12.4 Å². The molecule has 0 fully saturated rings. The number of amides is 1. The maximum Gasteiger partial charge on any atom is 0.257 e. The normalized spacial score (nSPS) is 10.1. The Bertz CT molecular complexity index is 617. The zero-order valence-corrected chi connectivity index (χ0v) is 9.98. The van der Waals surface area contributed by atoms with Gasteiger partial charge in [-0.25, -0.2) is 8.78 Å². The topological polar surface area (TPSA) is 51.2 Å². The van der Waals surface area contributed by atoms with Gasteiger partial charge in [-0.15, -0.1) is 0 Å². The number of hydrogen-bond donors (Lipinski definition) is 1. The summed E-state index contributed by atoms with van der Waals surface area (Å²) >= 11 is 0. The molecular weight excluding hydrogens is 254 g/mol. The molecule has 0 saturated heterocycles. The molecule has 1 heterocycles. The molecule has 0 aliphatic rings. The zero-order chi connectivity index (χ0) is 13.8. The average molecular weight is 264 g/mol. The van der Waals surface area contributed by atoms with Crippen LogP contribution in [0.2, 0.25) is 0 Å². The van der Waals surface area contributed by atoms with Crippen LogP contribution < -0.4 is 10.1 Å². The van der Waals surface area contributed by atoms with E-state index in [4.69, 9.17) is 4.74 Å². The Morgan fingerprint density at radius 1 is 1.26 bits per heavy atom. The van der Waals surface area contributed by atoms with Crippen molar-refractivity contribution in [1.29, 1.82) is 0 Å². The van der Waals surface area contributed by atoms with Crippen LogP contribution in [-0.2, 0) is 0 Å². The summed E-state index contributed by atoms with van der Waals surface area (Å²) in [6.07, 6.45) is 2.23. The van der Waals surface area contributed by atoms with Crippen molar-refractivity contribution in [3.05, 3.63) is 53.9 Å². The number of nitrogens with one attached hydrogen (secondary N) is 1. The molecule has 0 spiro atoms. The molecule has 4 nitrogen and oxygen atoms in total. The van der Waals surface area contributed by atoms with Crippen LogP contribution >= 0.6 is 0 Å². The van der Waals surface area contributed by atoms with Crippen molar-refractivity contribution in [2.45, 2.75) is 0 Å². The molecule has 0 atom stereocenters. The molecule has 0 aliphatic heterocycles. The molecular formula is C13H10F2N2O2. The number of methoxy groups -OCH3 is 1. The van der Waals surface area contributed by atoms with Gasteiger partial charge in [-0.1, -0.05) is 0 Å². The standard InChI is InChI=1S/C13H10F2N2O2/c1-19-12-5-10(2-3-11(12)15)17-13(18)8-4-9(14)7-16-6-8/h2-7H,1H3,(H,17,18). The Balaban J connectivity index is 2.19. The third kappa shape index (κ3) is 3.04. The number of pyridine rings is 1. The molecule has 2 aromatic rings. The SMILES string of the molecule is COc1cc(NC(=O)c2cncc(F)c2)ccc1F. The summed E-state index contributed by atoms with van der Waals surface area (Å²) in [7, 11) is 1.32. The van der Waals surface area contributed by atoms with E-state index in [0.29, 0.717) is 5.69 Å². The molecule has 0 aliphatic carbocycles. The maximum atomic E-state index is 13.2. The molecule has 0 unspecified atom stereocenters. The summed E-state index contributed by atoms with van der Waals surface area (Å²) in [5.41, 5.74) is 0.413. The van der Waals surface area contributed by atoms with Gasteiger partial charge in [0.05, 0.1) is 18.9 Å². The van der Waals surface area contributed by atoms with Crippen LogP contribution in [-0.4, -0.2) is 18.0 Å². The lowest BCUT2D eigenvalue weighted by molar-refractivity contribution is 0.102. The third-order valence-corrected chi connectivity index (χ3v) is 2.38. The van der Waals surface area contributed by atoms with Crippen molar-refractivity contribution < 1.29 is 18.3 Å². The number of halogens is 2. The first-order valence-corrected chi connectivity index (χ1v) is 5.35. The molecule has 1 N–H and O–H groups in total. The Morgan fingerprint density at radius 3 is 2.74 bits per heavy atom. The van der Waals surface area contributed by atoms with Crippen molar-refractivity contribution in [3.63, 3.8) is 0 Å². The number of anilines is 1. The van der Waals surface area contributed by atoms with E-state index in [1.165, 1.54) is 25.4 Å². The first-order chi connectivity index (χ1) is 9.10. The fraction of sp³-hybridized carbons (Fsp3) is 0.0769. The van der Waals surface area contributed by atoms with E-state index < -0.39 is 17.5 Å². The summed E-state index contributed by atoms with van der Waals surface area (Å²) in [6.45, 7) is 0. The quantitative estimate of drug-likeness (QED) is 0.927. The number of rotatable bonds is 3. The van der Waals surface area contributed by atoms with Gasteiger partial charge in [0.2, 0.25) is 0 Å². The highest BCUT2D eigenvalue weighted by Gasteiger charge is 2.09. The Labute approximate surface area is 108 Å². The van der Waals surface area contributed by atoms with E-state index in [-0.39, 0.29) is 11.3 Å². The molecule has 0 radical (unpaired) electrons. The number of ether oxygens (including phenoxy) is 1. The van der Waals surface area contributed by atoms with E-state index in [9.17, 15) is 13.6 Å². The van der Waals surface area contributed by atoms with E-state index >= 15 is 0 Å². The summed E-state index contributed by atoms with van der Waals surface area (Å²) in [5.74, 6) is -1.67. The fourth-order valence-electron chi connectivity index (χ4n) is 1.48. The van der Waals surface area contributed by atoms with E-state index in [0.717, 1.165) is 18.3 Å². The molecule has 2 rings (SSSR count). The summed E-state index contributed by atoms with van der Waals surface area (Å²) in [6, 6.07) is 4.93. The second kappa shape index (κ2) is 5.43. The highest BCUT2D eigenvalue weighted by atomic mass is 19.1. The largest absolute Gasteiger partial charge is 0.494 e. The first-order valence-electron chi connectivity index (χ1n) is 5.35. The minimum Gasteiger partial charge on any atom is -0.494 e. The predicted molar refractivity (Wildman–Crippen MR) is 65.1 cm³/mol. The van der Waals surface area contributed by atoms with Gasteiger partial charge in [-0.2, -0.15) is 0 Å². The summed E-state index contributed by atoms with van der Waals surface area (Å²) in [4.78, 5) is 15.4. The average Bonchev–Trinajstić information content (AvgIpc) is 2.41. The van der Waals surface area contributed by atoms with Crippen LogP contribution in [0.4, 0.5) is 14.5 Å². The van der Waals surface area contributed by atoms with Crippen LogP contribution in [0.5, 0.6) is 5.75 Å². The zero-order valence-electron chi connectivity index (χ0n) is 9.98. The first kappa shape index (κ1) is 12.9. The van der Waals surface area contributed by atoms with Crippen LogP contribution in [0.15, 0.2) is 36.7 Å². The Morgan fingerprint density at radius 2 is 2.05 bits per heavy atom. The van der Waals surface area contributed by atoms with Gasteiger partial charge < -0.3 is 10.1 Å². The smallest absolute Gasteiger partial charge is 0.257 e. The lowest BCUT2D eigenvalue weighted by Gasteiger charge is -2.07. The summed E-state index contributed by atoms with van der Waals surface area (Å²) < 4.78 is 30.9. The van der Waals surface area contributed by atoms with Crippen LogP contribution in [0.1, 0.15) is 10.4 Å². The van der Waals surface area contributed by atoms with Crippen LogP contribution in [0, 0.1) is 11.6 Å². The number of carbonyl (C=O) groups excluding carboxylic acids is 1. The Kier molecular flexibility index (Phi) is 3.70. The van der Waals surface area contributed by atoms with Gasteiger partial charge in [-0.05, 0) is 18.2 Å². The molecule has 1 amide bonds. The second-order valence-corrected chi connectivity index (χ2v) is 3.70. The lowest BCUT2D eigenvalue weighted by atomic mass is 10.2. The molecule has 6 heteroatoms. The van der Waals surface area contributed by atoms with E-state index in [2.05, 4.69) is 10.3 Å². The number of benzene rings is 1. The number of hydrogen-bond acceptors (Lipinski definition) is 3. The van der Waals surface area contributed by atoms with Gasteiger partial charge >= 0.3 is 0 Å². The summed E-state index contributed by atoms with van der Waals surface area (Å²) in [5, 5.41) is 2.50. The number of nitrogens with zero attached hydrogens (tertiary/aromatic N) is 1. The number of aromatic nitrogens is 1. The second-order valence-electron chi connectivity index (χ2n) is 3.70. The predicted octanol–water partition coefficient (Wildman–Crippen LogP) is 2.62. The van der Waals surface area contributed by atoms with Crippen LogP contribution in [0.25, 0.3) is 0 Å². The van der Waals surface area contributed by atoms with Gasteiger partial charge in [-0.3, -0.25) is 9.78 Å². The maximum absolute atomic E-state index is 13.2. The highest BCUT2D eigenvalue weighted by Crippen LogP contribution is 2.21. The van der Waals surface area contributed by atoms with Crippen LogP contribution in [0.3, 0.4) is 0 Å². The molecule has 0 saturated carbocycles. The minimum atomic E-state index is -0.607. The van der Waals surface area contributed by atoms with Crippen molar-refractivity contribution in [3.8, 4) is 5.75 Å². The minimum absolute atomic E-state index is 0.00941. The monoisotopic (exact) mass is 264 g/mol. The molecule has 0 bridgehead atoms. The van der Waals surface area contributed by atoms with Gasteiger partial charge in [0.25, 0.3) is 5.91 Å². The van der Waals surface area contributed by atoms with Crippen molar-refractivity contribution in [1.82, 2.24) is 4.98 Å². The van der Waals surface area contributed by atoms with Gasteiger partial charge in [0.1, 0.15) is 5.82 Å². The van der Waals surface area contributed by atoms with Gasteiger partial charge in [0.15, 0.2) is 11.6 Å². The Hall–Kier alpha value is -2.50. The van der Waals surface area contributed by atoms with E-state index in [1.807, 2.05) is 0 Å². The lowest BCUT2D eigenvalue weighted by Crippen LogP contribution is -2.12. The fourth-order valence-corrected chi connectivity index (χ4v) is 1.48. The highest BCUT2D eigenvalue weighted by molar-refractivity contribution is 6.04.